The number of benzene rings is 1. The Kier molecular flexibility index (Phi) is 4.52. The van der Waals surface area contributed by atoms with Crippen LogP contribution in [0, 0.1) is 0 Å². The van der Waals surface area contributed by atoms with E-state index in [0.29, 0.717) is 18.0 Å². The summed E-state index contributed by atoms with van der Waals surface area (Å²) in [5.41, 5.74) is 1.38. The van der Waals surface area contributed by atoms with Crippen molar-refractivity contribution in [3.8, 4) is 0 Å². The fourth-order valence-corrected chi connectivity index (χ4v) is 1.75. The Morgan fingerprint density at radius 1 is 1.26 bits per heavy atom. The van der Waals surface area contributed by atoms with Crippen molar-refractivity contribution in [1.82, 2.24) is 4.98 Å². The molecule has 1 heterocycles. The summed E-state index contributed by atoms with van der Waals surface area (Å²) in [6.45, 7) is 2.13. The molecule has 4 nitrogen and oxygen atoms in total. The normalized spacial score (nSPS) is 10.0. The predicted molar refractivity (Wildman–Crippen MR) is 77.6 cm³/mol. The number of halogens is 1. The number of nitrogens with zero attached hydrogens (tertiary/aromatic N) is 1. The van der Waals surface area contributed by atoms with Crippen molar-refractivity contribution in [2.24, 2.45) is 0 Å². The van der Waals surface area contributed by atoms with Gasteiger partial charge in [0.2, 0.25) is 0 Å². The number of nitrogens with one attached hydrogen (secondary N) is 1. The van der Waals surface area contributed by atoms with Gasteiger partial charge in [0, 0.05) is 16.4 Å². The van der Waals surface area contributed by atoms with E-state index in [0.717, 1.165) is 10.2 Å². The van der Waals surface area contributed by atoms with Gasteiger partial charge >= 0.3 is 5.97 Å². The Morgan fingerprint density at radius 3 is 2.58 bits per heavy atom. The van der Waals surface area contributed by atoms with Crippen molar-refractivity contribution in [2.45, 2.75) is 6.92 Å². The zero-order valence-electron chi connectivity index (χ0n) is 10.4. The van der Waals surface area contributed by atoms with Crippen LogP contribution in [-0.4, -0.2) is 17.6 Å². The van der Waals surface area contributed by atoms with Crippen LogP contribution in [-0.2, 0) is 4.74 Å². The number of carbonyl (C=O) groups excluding carboxylic acids is 1. The quantitative estimate of drug-likeness (QED) is 0.871. The molecule has 2 aromatic rings. The van der Waals surface area contributed by atoms with Gasteiger partial charge in [-0.2, -0.15) is 0 Å². The third-order valence-corrected chi connectivity index (χ3v) is 2.92. The Hall–Kier alpha value is -1.88. The number of ether oxygens (including phenoxy) is 1. The van der Waals surface area contributed by atoms with Crippen molar-refractivity contribution >= 4 is 33.4 Å². The number of rotatable bonds is 4. The number of hydrogen-bond donors (Lipinski definition) is 1. The molecule has 0 aliphatic rings. The van der Waals surface area contributed by atoms with Crippen molar-refractivity contribution in [3.63, 3.8) is 0 Å². The fraction of sp³-hybridized carbons (Fsp3) is 0.143. The molecule has 19 heavy (non-hydrogen) atoms. The molecule has 0 aliphatic carbocycles. The fourth-order valence-electron chi connectivity index (χ4n) is 1.48. The number of pyridine rings is 1. The summed E-state index contributed by atoms with van der Waals surface area (Å²) in [5, 5.41) is 3.15. The molecule has 1 aromatic carbocycles. The zero-order valence-corrected chi connectivity index (χ0v) is 12.0. The molecule has 0 fully saturated rings. The highest BCUT2D eigenvalue weighted by atomic mass is 79.9. The van der Waals surface area contributed by atoms with E-state index >= 15 is 0 Å². The number of carbonyl (C=O) groups is 1. The highest BCUT2D eigenvalue weighted by Gasteiger charge is 2.06. The third kappa shape index (κ3) is 3.79. The summed E-state index contributed by atoms with van der Waals surface area (Å²) in [4.78, 5) is 15.6. The summed E-state index contributed by atoms with van der Waals surface area (Å²) >= 11 is 3.38. The smallest absolute Gasteiger partial charge is 0.339 e. The predicted octanol–water partition coefficient (Wildman–Crippen LogP) is 3.76. The van der Waals surface area contributed by atoms with Crippen LogP contribution in [0.15, 0.2) is 47.1 Å². The first kappa shape index (κ1) is 13.5. The maximum Gasteiger partial charge on any atom is 0.339 e. The monoisotopic (exact) mass is 320 g/mol. The van der Waals surface area contributed by atoms with E-state index in [1.54, 1.807) is 19.1 Å². The zero-order chi connectivity index (χ0) is 13.7. The second-order valence-corrected chi connectivity index (χ2v) is 4.70. The number of anilines is 2. The minimum Gasteiger partial charge on any atom is -0.462 e. The van der Waals surface area contributed by atoms with Crippen molar-refractivity contribution in [3.05, 3.63) is 52.6 Å². The Morgan fingerprint density at radius 2 is 2.00 bits per heavy atom. The minimum absolute atomic E-state index is 0.356. The molecule has 2 rings (SSSR count). The lowest BCUT2D eigenvalue weighted by molar-refractivity contribution is 0.0526. The molecule has 0 unspecified atom stereocenters. The average Bonchev–Trinajstić information content (AvgIpc) is 2.42. The Bertz CT molecular complexity index is 553. The van der Waals surface area contributed by atoms with Gasteiger partial charge in [-0.15, -0.1) is 0 Å². The molecular formula is C14H13BrN2O2. The first-order valence-corrected chi connectivity index (χ1v) is 6.64. The molecule has 0 saturated carbocycles. The largest absolute Gasteiger partial charge is 0.462 e. The lowest BCUT2D eigenvalue weighted by Gasteiger charge is -2.06. The van der Waals surface area contributed by atoms with E-state index in [1.807, 2.05) is 24.3 Å². The maximum absolute atomic E-state index is 11.5. The highest BCUT2D eigenvalue weighted by molar-refractivity contribution is 9.10. The van der Waals surface area contributed by atoms with Gasteiger partial charge in [0.25, 0.3) is 0 Å². The van der Waals surface area contributed by atoms with Crippen LogP contribution in [0.1, 0.15) is 17.3 Å². The van der Waals surface area contributed by atoms with Gasteiger partial charge in [-0.3, -0.25) is 0 Å². The van der Waals surface area contributed by atoms with Gasteiger partial charge < -0.3 is 10.1 Å². The summed E-state index contributed by atoms with van der Waals surface area (Å²) in [5.74, 6) is 0.320. The summed E-state index contributed by atoms with van der Waals surface area (Å²) in [7, 11) is 0. The van der Waals surface area contributed by atoms with Crippen molar-refractivity contribution in [1.29, 1.82) is 0 Å². The topological polar surface area (TPSA) is 51.2 Å². The molecule has 0 saturated heterocycles. The maximum atomic E-state index is 11.5. The summed E-state index contributed by atoms with van der Waals surface area (Å²) < 4.78 is 5.91. The van der Waals surface area contributed by atoms with Crippen LogP contribution in [0.25, 0.3) is 0 Å². The highest BCUT2D eigenvalue weighted by Crippen LogP contribution is 2.18. The molecular weight excluding hydrogens is 308 g/mol. The molecule has 0 aliphatic heterocycles. The van der Waals surface area contributed by atoms with Crippen LogP contribution >= 0.6 is 15.9 Å². The standard InChI is InChI=1S/C14H13BrN2O2/c1-2-19-14(18)10-3-8-13(16-9-10)17-12-6-4-11(15)5-7-12/h3-9H,2H2,1H3,(H,16,17). The second-order valence-electron chi connectivity index (χ2n) is 3.78. The van der Waals surface area contributed by atoms with Crippen molar-refractivity contribution in [2.75, 3.05) is 11.9 Å². The van der Waals surface area contributed by atoms with Crippen LogP contribution in [0.5, 0.6) is 0 Å². The molecule has 0 spiro atoms. The minimum atomic E-state index is -0.356. The Labute approximate surface area is 119 Å². The van der Waals surface area contributed by atoms with E-state index in [1.165, 1.54) is 6.20 Å². The van der Waals surface area contributed by atoms with Crippen LogP contribution in [0.4, 0.5) is 11.5 Å². The van der Waals surface area contributed by atoms with Gasteiger partial charge in [-0.1, -0.05) is 15.9 Å². The number of hydrogen-bond acceptors (Lipinski definition) is 4. The van der Waals surface area contributed by atoms with Crippen molar-refractivity contribution < 1.29 is 9.53 Å². The molecule has 1 aromatic heterocycles. The van der Waals surface area contributed by atoms with Crippen LogP contribution in [0.3, 0.4) is 0 Å². The molecule has 98 valence electrons. The summed E-state index contributed by atoms with van der Waals surface area (Å²) in [6.07, 6.45) is 1.50. The lowest BCUT2D eigenvalue weighted by Crippen LogP contribution is -2.05. The van der Waals surface area contributed by atoms with E-state index < -0.39 is 0 Å². The first-order valence-electron chi connectivity index (χ1n) is 5.85. The third-order valence-electron chi connectivity index (χ3n) is 2.39. The van der Waals surface area contributed by atoms with E-state index in [9.17, 15) is 4.79 Å². The SMILES string of the molecule is CCOC(=O)c1ccc(Nc2ccc(Br)cc2)nc1. The second kappa shape index (κ2) is 6.33. The molecule has 1 N–H and O–H groups in total. The average molecular weight is 321 g/mol. The van der Waals surface area contributed by atoms with E-state index in [-0.39, 0.29) is 5.97 Å². The summed E-state index contributed by atoms with van der Waals surface area (Å²) in [6, 6.07) is 11.2. The van der Waals surface area contributed by atoms with Gasteiger partial charge in [0.1, 0.15) is 5.82 Å². The molecule has 0 bridgehead atoms. The van der Waals surface area contributed by atoms with E-state index in [2.05, 4.69) is 26.2 Å². The number of esters is 1. The van der Waals surface area contributed by atoms with Crippen LogP contribution in [0.2, 0.25) is 0 Å². The van der Waals surface area contributed by atoms with Crippen LogP contribution < -0.4 is 5.32 Å². The molecule has 0 atom stereocenters. The number of aromatic nitrogens is 1. The lowest BCUT2D eigenvalue weighted by atomic mass is 10.3. The van der Waals surface area contributed by atoms with Gasteiger partial charge in [0.15, 0.2) is 0 Å². The van der Waals surface area contributed by atoms with Gasteiger partial charge in [-0.25, -0.2) is 9.78 Å². The first-order chi connectivity index (χ1) is 9.19. The molecule has 5 heteroatoms. The molecule has 0 amide bonds. The Balaban J connectivity index is 2.06. The molecule has 0 radical (unpaired) electrons. The van der Waals surface area contributed by atoms with E-state index in [4.69, 9.17) is 4.74 Å². The van der Waals surface area contributed by atoms with Gasteiger partial charge in [-0.05, 0) is 43.3 Å². The van der Waals surface area contributed by atoms with Gasteiger partial charge in [0.05, 0.1) is 12.2 Å².